The molecule has 0 saturated carbocycles. The summed E-state index contributed by atoms with van der Waals surface area (Å²) in [5, 5.41) is 2.94. The average Bonchev–Trinajstić information content (AvgIpc) is 3.27. The van der Waals surface area contributed by atoms with Crippen LogP contribution >= 0.6 is 0 Å². The maximum Gasteiger partial charge on any atom is 0.407 e. The quantitative estimate of drug-likeness (QED) is 0.820. The van der Waals surface area contributed by atoms with Gasteiger partial charge in [-0.3, -0.25) is 0 Å². The summed E-state index contributed by atoms with van der Waals surface area (Å²) >= 11 is 0. The van der Waals surface area contributed by atoms with Crippen LogP contribution < -0.4 is 5.32 Å². The first-order chi connectivity index (χ1) is 10.7. The monoisotopic (exact) mass is 299 g/mol. The van der Waals surface area contributed by atoms with Crippen LogP contribution in [0.3, 0.4) is 0 Å². The molecule has 22 heavy (non-hydrogen) atoms. The zero-order chi connectivity index (χ0) is 15.4. The molecule has 3 atom stereocenters. The fraction of sp³-hybridized carbons (Fsp3) is 0.389. The van der Waals surface area contributed by atoms with Crippen molar-refractivity contribution in [1.29, 1.82) is 0 Å². The number of hydrogen-bond acceptors (Lipinski definition) is 3. The summed E-state index contributed by atoms with van der Waals surface area (Å²) in [6.45, 7) is 2.34. The van der Waals surface area contributed by atoms with Gasteiger partial charge in [0.2, 0.25) is 0 Å². The fourth-order valence-corrected chi connectivity index (χ4v) is 2.77. The number of allylic oxidation sites excluding steroid dienone is 2. The van der Waals surface area contributed by atoms with Gasteiger partial charge in [-0.1, -0.05) is 55.5 Å². The van der Waals surface area contributed by atoms with E-state index in [4.69, 9.17) is 9.47 Å². The minimum Gasteiger partial charge on any atom is -0.445 e. The van der Waals surface area contributed by atoms with Gasteiger partial charge < -0.3 is 14.8 Å². The SMILES string of the molecule is CC[C@@H](C[C@]12C=CC=C[C@H]1O2)NC(=O)OCc1ccccc1. The minimum atomic E-state index is -0.375. The molecule has 0 bridgehead atoms. The van der Waals surface area contributed by atoms with Gasteiger partial charge in [0, 0.05) is 12.5 Å². The van der Waals surface area contributed by atoms with Crippen LogP contribution in [0.2, 0.25) is 0 Å². The van der Waals surface area contributed by atoms with Crippen molar-refractivity contribution in [3.05, 3.63) is 60.2 Å². The number of epoxide rings is 1. The van der Waals surface area contributed by atoms with Gasteiger partial charge in [0.05, 0.1) is 0 Å². The Labute approximate surface area is 130 Å². The molecule has 1 aromatic rings. The van der Waals surface area contributed by atoms with Crippen molar-refractivity contribution in [2.24, 2.45) is 0 Å². The molecule has 0 spiro atoms. The van der Waals surface area contributed by atoms with Crippen LogP contribution in [0.4, 0.5) is 4.79 Å². The fourth-order valence-electron chi connectivity index (χ4n) is 2.77. The van der Waals surface area contributed by atoms with Gasteiger partial charge in [-0.25, -0.2) is 4.79 Å². The van der Waals surface area contributed by atoms with Crippen LogP contribution in [0, 0.1) is 0 Å². The van der Waals surface area contributed by atoms with Crippen LogP contribution in [0.1, 0.15) is 25.3 Å². The Bertz CT molecular complexity index is 581. The maximum absolute atomic E-state index is 11.9. The standard InChI is InChI=1S/C18H21NO3/c1-2-15(12-18-11-7-6-10-16(18)22-18)19-17(20)21-13-14-8-4-3-5-9-14/h3-11,15-16H,2,12-13H2,1H3,(H,19,20)/t15-,16+,18+/m0/s1. The third-order valence-corrected chi connectivity index (χ3v) is 4.14. The van der Waals surface area contributed by atoms with E-state index >= 15 is 0 Å². The Morgan fingerprint density at radius 2 is 2.18 bits per heavy atom. The van der Waals surface area contributed by atoms with Gasteiger partial charge in [0.15, 0.2) is 0 Å². The van der Waals surface area contributed by atoms with Crippen molar-refractivity contribution in [1.82, 2.24) is 5.32 Å². The van der Waals surface area contributed by atoms with Gasteiger partial charge in [0.25, 0.3) is 0 Å². The molecule has 1 amide bonds. The number of nitrogens with one attached hydrogen (secondary N) is 1. The van der Waals surface area contributed by atoms with Crippen LogP contribution in [-0.4, -0.2) is 23.8 Å². The largest absolute Gasteiger partial charge is 0.445 e. The molecule has 1 aliphatic heterocycles. The smallest absolute Gasteiger partial charge is 0.407 e. The van der Waals surface area contributed by atoms with E-state index in [1.54, 1.807) is 0 Å². The molecule has 4 heteroatoms. The predicted molar refractivity (Wildman–Crippen MR) is 84.3 cm³/mol. The number of hydrogen-bond donors (Lipinski definition) is 1. The molecule has 1 N–H and O–H groups in total. The highest BCUT2D eigenvalue weighted by molar-refractivity contribution is 5.67. The summed E-state index contributed by atoms with van der Waals surface area (Å²) in [6.07, 6.45) is 9.54. The van der Waals surface area contributed by atoms with Crippen molar-refractivity contribution >= 4 is 6.09 Å². The van der Waals surface area contributed by atoms with Crippen molar-refractivity contribution in [2.75, 3.05) is 0 Å². The molecule has 1 aliphatic carbocycles. The first-order valence-electron chi connectivity index (χ1n) is 7.73. The van der Waals surface area contributed by atoms with Gasteiger partial charge in [-0.2, -0.15) is 0 Å². The number of fused-ring (bicyclic) bond motifs is 1. The van der Waals surface area contributed by atoms with E-state index in [0.717, 1.165) is 18.4 Å². The van der Waals surface area contributed by atoms with Gasteiger partial charge in [-0.05, 0) is 18.1 Å². The molecule has 116 valence electrons. The van der Waals surface area contributed by atoms with Crippen LogP contribution in [0.25, 0.3) is 0 Å². The number of carbonyl (C=O) groups excluding carboxylic acids is 1. The lowest BCUT2D eigenvalue weighted by Gasteiger charge is -2.20. The summed E-state index contributed by atoms with van der Waals surface area (Å²) < 4.78 is 11.0. The summed E-state index contributed by atoms with van der Waals surface area (Å²) in [4.78, 5) is 11.9. The molecule has 1 saturated heterocycles. The normalized spacial score (nSPS) is 26.1. The topological polar surface area (TPSA) is 50.9 Å². The van der Waals surface area contributed by atoms with Gasteiger partial charge in [-0.15, -0.1) is 0 Å². The molecule has 3 rings (SSSR count). The average molecular weight is 299 g/mol. The van der Waals surface area contributed by atoms with Crippen molar-refractivity contribution in [2.45, 2.75) is 44.1 Å². The second-order valence-electron chi connectivity index (χ2n) is 5.75. The number of alkyl carbamates (subject to hydrolysis) is 1. The number of carbonyl (C=O) groups is 1. The molecule has 1 heterocycles. The summed E-state index contributed by atoms with van der Waals surface area (Å²) in [5.74, 6) is 0. The van der Waals surface area contributed by atoms with E-state index in [1.807, 2.05) is 42.5 Å². The highest BCUT2D eigenvalue weighted by Gasteiger charge is 2.54. The van der Waals surface area contributed by atoms with E-state index in [-0.39, 0.29) is 30.4 Å². The molecular formula is C18H21NO3. The second kappa shape index (κ2) is 6.36. The first kappa shape index (κ1) is 14.9. The van der Waals surface area contributed by atoms with Crippen molar-refractivity contribution < 1.29 is 14.3 Å². The third kappa shape index (κ3) is 3.39. The number of amides is 1. The molecule has 2 aliphatic rings. The second-order valence-corrected chi connectivity index (χ2v) is 5.75. The molecule has 0 radical (unpaired) electrons. The van der Waals surface area contributed by atoms with E-state index in [0.29, 0.717) is 0 Å². The van der Waals surface area contributed by atoms with E-state index in [2.05, 4.69) is 24.4 Å². The predicted octanol–water partition coefficient (Wildman–Crippen LogP) is 3.35. The molecule has 1 aromatic carbocycles. The van der Waals surface area contributed by atoms with Gasteiger partial charge in [0.1, 0.15) is 18.3 Å². The molecule has 4 nitrogen and oxygen atoms in total. The maximum atomic E-state index is 11.9. The van der Waals surface area contributed by atoms with Crippen LogP contribution in [0.5, 0.6) is 0 Å². The Balaban J connectivity index is 1.47. The Kier molecular flexibility index (Phi) is 4.29. The molecule has 0 unspecified atom stereocenters. The van der Waals surface area contributed by atoms with E-state index in [9.17, 15) is 4.79 Å². The molecular weight excluding hydrogens is 278 g/mol. The lowest BCUT2D eigenvalue weighted by molar-refractivity contribution is 0.133. The van der Waals surface area contributed by atoms with Gasteiger partial charge >= 0.3 is 6.09 Å². The Morgan fingerprint density at radius 1 is 1.36 bits per heavy atom. The van der Waals surface area contributed by atoms with Crippen LogP contribution in [0.15, 0.2) is 54.6 Å². The first-order valence-corrected chi connectivity index (χ1v) is 7.73. The van der Waals surface area contributed by atoms with E-state index in [1.165, 1.54) is 0 Å². The molecule has 0 aromatic heterocycles. The highest BCUT2D eigenvalue weighted by atomic mass is 16.6. The number of ether oxygens (including phenoxy) is 2. The number of benzene rings is 1. The Hall–Kier alpha value is -2.07. The summed E-state index contributed by atoms with van der Waals surface area (Å²) in [6, 6.07) is 9.71. The van der Waals surface area contributed by atoms with Crippen molar-refractivity contribution in [3.8, 4) is 0 Å². The highest BCUT2D eigenvalue weighted by Crippen LogP contribution is 2.45. The third-order valence-electron chi connectivity index (χ3n) is 4.14. The van der Waals surface area contributed by atoms with E-state index < -0.39 is 0 Å². The number of rotatable bonds is 6. The Morgan fingerprint density at radius 3 is 2.91 bits per heavy atom. The van der Waals surface area contributed by atoms with Crippen LogP contribution in [-0.2, 0) is 16.1 Å². The van der Waals surface area contributed by atoms with Crippen molar-refractivity contribution in [3.63, 3.8) is 0 Å². The zero-order valence-electron chi connectivity index (χ0n) is 12.7. The zero-order valence-corrected chi connectivity index (χ0v) is 12.7. The lowest BCUT2D eigenvalue weighted by atomic mass is 9.92. The summed E-state index contributed by atoms with van der Waals surface area (Å²) in [5.41, 5.74) is 0.762. The summed E-state index contributed by atoms with van der Waals surface area (Å²) in [7, 11) is 0. The minimum absolute atomic E-state index is 0.0458. The molecule has 1 fully saturated rings. The lowest BCUT2D eigenvalue weighted by Crippen LogP contribution is -2.38.